The molecule has 3 aromatic carbocycles. The number of hydrogen-bond donors (Lipinski definition) is 1. The zero-order valence-electron chi connectivity index (χ0n) is 23.6. The van der Waals surface area contributed by atoms with Gasteiger partial charge in [0.15, 0.2) is 0 Å². The molecule has 2 atom stereocenters. The molecule has 0 heterocycles. The summed E-state index contributed by atoms with van der Waals surface area (Å²) in [5.74, 6) is -0.749. The third-order valence-electron chi connectivity index (χ3n) is 7.01. The molecule has 0 fully saturated rings. The highest BCUT2D eigenvalue weighted by molar-refractivity contribution is 7.92. The summed E-state index contributed by atoms with van der Waals surface area (Å²) in [6, 6.07) is 20.4. The molecule has 3 rings (SSSR count). The van der Waals surface area contributed by atoms with Crippen LogP contribution in [0.3, 0.4) is 0 Å². The van der Waals surface area contributed by atoms with Gasteiger partial charge in [0, 0.05) is 12.6 Å². The lowest BCUT2D eigenvalue weighted by Gasteiger charge is -2.33. The standard InChI is InChI=1S/C31H39N3O4S/c1-7-25(5)32-31(36)26(6)33(20-27-14-12-11-13-23(27)3)30(35)21-34(29-19-22(2)17-18-24(29)4)39(37,38)28-15-9-8-10-16-28/h8-19,25-26H,7,20-21H2,1-6H3,(H,32,36). The quantitative estimate of drug-likeness (QED) is 0.359. The maximum absolute atomic E-state index is 14.1. The molecule has 0 radical (unpaired) electrons. The van der Waals surface area contributed by atoms with Crippen molar-refractivity contribution in [3.8, 4) is 0 Å². The highest BCUT2D eigenvalue weighted by Gasteiger charge is 2.33. The van der Waals surface area contributed by atoms with Crippen LogP contribution in [-0.2, 0) is 26.2 Å². The Labute approximate surface area is 232 Å². The lowest BCUT2D eigenvalue weighted by molar-refractivity contribution is -0.139. The second-order valence-corrected chi connectivity index (χ2v) is 11.9. The first-order valence-corrected chi connectivity index (χ1v) is 14.7. The summed E-state index contributed by atoms with van der Waals surface area (Å²) in [5, 5.41) is 2.96. The van der Waals surface area contributed by atoms with Crippen molar-refractivity contribution in [1.82, 2.24) is 10.2 Å². The van der Waals surface area contributed by atoms with Gasteiger partial charge in [-0.3, -0.25) is 13.9 Å². The van der Waals surface area contributed by atoms with Crippen molar-refractivity contribution < 1.29 is 18.0 Å². The van der Waals surface area contributed by atoms with Gasteiger partial charge in [-0.05, 0) is 81.5 Å². The number of sulfonamides is 1. The fraction of sp³-hybridized carbons (Fsp3) is 0.355. The first kappa shape index (κ1) is 29.9. The van der Waals surface area contributed by atoms with Gasteiger partial charge in [-0.15, -0.1) is 0 Å². The van der Waals surface area contributed by atoms with Crippen molar-refractivity contribution in [1.29, 1.82) is 0 Å². The van der Waals surface area contributed by atoms with Crippen molar-refractivity contribution >= 4 is 27.5 Å². The van der Waals surface area contributed by atoms with Crippen molar-refractivity contribution in [2.24, 2.45) is 0 Å². The molecular formula is C31H39N3O4S. The van der Waals surface area contributed by atoms with Gasteiger partial charge in [-0.1, -0.05) is 61.5 Å². The smallest absolute Gasteiger partial charge is 0.264 e. The molecule has 0 aliphatic carbocycles. The Kier molecular flexibility index (Phi) is 9.92. The van der Waals surface area contributed by atoms with E-state index in [-0.39, 0.29) is 23.4 Å². The summed E-state index contributed by atoms with van der Waals surface area (Å²) in [6.45, 7) is 10.9. The normalized spacial score (nSPS) is 12.9. The highest BCUT2D eigenvalue weighted by Crippen LogP contribution is 2.28. The van der Waals surface area contributed by atoms with Gasteiger partial charge in [-0.2, -0.15) is 0 Å². The summed E-state index contributed by atoms with van der Waals surface area (Å²) in [4.78, 5) is 28.8. The van der Waals surface area contributed by atoms with Crippen molar-refractivity contribution in [3.05, 3.63) is 95.1 Å². The van der Waals surface area contributed by atoms with Crippen molar-refractivity contribution in [3.63, 3.8) is 0 Å². The van der Waals surface area contributed by atoms with E-state index in [9.17, 15) is 18.0 Å². The Bertz CT molecular complexity index is 1410. The molecule has 0 aromatic heterocycles. The molecule has 2 unspecified atom stereocenters. The van der Waals surface area contributed by atoms with Crippen molar-refractivity contribution in [2.75, 3.05) is 10.8 Å². The summed E-state index contributed by atoms with van der Waals surface area (Å²) < 4.78 is 29.0. The minimum Gasteiger partial charge on any atom is -0.352 e. The Morgan fingerprint density at radius 1 is 0.872 bits per heavy atom. The number of hydrogen-bond acceptors (Lipinski definition) is 4. The number of anilines is 1. The van der Waals surface area contributed by atoms with Gasteiger partial charge in [0.25, 0.3) is 10.0 Å². The molecule has 8 heteroatoms. The van der Waals surface area contributed by atoms with Gasteiger partial charge < -0.3 is 10.2 Å². The zero-order valence-corrected chi connectivity index (χ0v) is 24.5. The lowest BCUT2D eigenvalue weighted by atomic mass is 10.1. The van der Waals surface area contributed by atoms with Crippen LogP contribution in [-0.4, -0.2) is 43.8 Å². The number of amides is 2. The predicted molar refractivity (Wildman–Crippen MR) is 156 cm³/mol. The Hall–Kier alpha value is -3.65. The maximum Gasteiger partial charge on any atom is 0.264 e. The van der Waals surface area contributed by atoms with Gasteiger partial charge in [0.2, 0.25) is 11.8 Å². The van der Waals surface area contributed by atoms with Crippen LogP contribution in [0.4, 0.5) is 5.69 Å². The fourth-order valence-electron chi connectivity index (χ4n) is 4.24. The molecular weight excluding hydrogens is 510 g/mol. The van der Waals surface area contributed by atoms with E-state index in [0.717, 1.165) is 33.0 Å². The average molecular weight is 550 g/mol. The van der Waals surface area contributed by atoms with E-state index in [1.165, 1.54) is 17.0 Å². The van der Waals surface area contributed by atoms with Crippen LogP contribution >= 0.6 is 0 Å². The molecule has 0 saturated heterocycles. The molecule has 39 heavy (non-hydrogen) atoms. The monoisotopic (exact) mass is 549 g/mol. The van der Waals surface area contributed by atoms with Gasteiger partial charge in [0.05, 0.1) is 10.6 Å². The number of nitrogens with zero attached hydrogens (tertiary/aromatic N) is 2. The summed E-state index contributed by atoms with van der Waals surface area (Å²) >= 11 is 0. The summed E-state index contributed by atoms with van der Waals surface area (Å²) in [7, 11) is -4.09. The molecule has 0 bridgehead atoms. The molecule has 208 valence electrons. The van der Waals surface area contributed by atoms with Gasteiger partial charge in [-0.25, -0.2) is 8.42 Å². The van der Waals surface area contributed by atoms with Crippen LogP contribution in [0.25, 0.3) is 0 Å². The first-order valence-electron chi connectivity index (χ1n) is 13.2. The van der Waals surface area contributed by atoms with Gasteiger partial charge >= 0.3 is 0 Å². The second kappa shape index (κ2) is 12.9. The van der Waals surface area contributed by atoms with E-state index in [1.54, 1.807) is 31.2 Å². The third-order valence-corrected chi connectivity index (χ3v) is 8.79. The van der Waals surface area contributed by atoms with E-state index < -0.39 is 28.5 Å². The zero-order chi connectivity index (χ0) is 28.7. The van der Waals surface area contributed by atoms with E-state index in [4.69, 9.17) is 0 Å². The van der Waals surface area contributed by atoms with Crippen LogP contribution in [0.15, 0.2) is 77.7 Å². The highest BCUT2D eigenvalue weighted by atomic mass is 32.2. The molecule has 0 aliphatic rings. The summed E-state index contributed by atoms with van der Waals surface area (Å²) in [6.07, 6.45) is 0.750. The molecule has 2 amide bonds. The molecule has 0 spiro atoms. The number of rotatable bonds is 11. The maximum atomic E-state index is 14.1. The molecule has 7 nitrogen and oxygen atoms in total. The van der Waals surface area contributed by atoms with E-state index >= 15 is 0 Å². The molecule has 1 N–H and O–H groups in total. The minimum atomic E-state index is -4.09. The molecule has 3 aromatic rings. The van der Waals surface area contributed by atoms with E-state index in [0.29, 0.717) is 5.69 Å². The van der Waals surface area contributed by atoms with Crippen LogP contribution in [0.5, 0.6) is 0 Å². The number of aryl methyl sites for hydroxylation is 3. The van der Waals surface area contributed by atoms with E-state index in [2.05, 4.69) is 5.32 Å². The fourth-order valence-corrected chi connectivity index (χ4v) is 5.73. The average Bonchev–Trinajstić information content (AvgIpc) is 2.92. The van der Waals surface area contributed by atoms with Gasteiger partial charge in [0.1, 0.15) is 12.6 Å². The first-order chi connectivity index (χ1) is 18.4. The predicted octanol–water partition coefficient (Wildman–Crippen LogP) is 5.14. The molecule has 0 aliphatic heterocycles. The SMILES string of the molecule is CCC(C)NC(=O)C(C)N(Cc1ccccc1C)C(=O)CN(c1cc(C)ccc1C)S(=O)(=O)c1ccccc1. The number of carbonyl (C=O) groups excluding carboxylic acids is 2. The Morgan fingerprint density at radius 3 is 2.15 bits per heavy atom. The minimum absolute atomic E-state index is 0.0553. The van der Waals surface area contributed by atoms with Crippen LogP contribution < -0.4 is 9.62 Å². The topological polar surface area (TPSA) is 86.8 Å². The molecule has 0 saturated carbocycles. The van der Waals surface area contributed by atoms with Crippen LogP contribution in [0, 0.1) is 20.8 Å². The summed E-state index contributed by atoms with van der Waals surface area (Å²) in [5.41, 5.74) is 3.89. The lowest BCUT2D eigenvalue weighted by Crippen LogP contribution is -2.52. The van der Waals surface area contributed by atoms with E-state index in [1.807, 2.05) is 71.0 Å². The van der Waals surface area contributed by atoms with Crippen molar-refractivity contribution in [2.45, 2.75) is 71.5 Å². The second-order valence-electron chi connectivity index (χ2n) is 10.1. The third kappa shape index (κ3) is 7.26. The largest absolute Gasteiger partial charge is 0.352 e. The Morgan fingerprint density at radius 2 is 1.51 bits per heavy atom. The Balaban J connectivity index is 2.07. The van der Waals surface area contributed by atoms with Crippen LogP contribution in [0.2, 0.25) is 0 Å². The number of carbonyl (C=O) groups is 2. The van der Waals surface area contributed by atoms with Crippen LogP contribution in [0.1, 0.15) is 49.4 Å². The number of benzene rings is 3. The number of nitrogens with one attached hydrogen (secondary N) is 1.